The Morgan fingerprint density at radius 3 is 2.58 bits per heavy atom. The van der Waals surface area contributed by atoms with Crippen LogP contribution in [-0.2, 0) is 11.2 Å². The van der Waals surface area contributed by atoms with Crippen molar-refractivity contribution in [3.63, 3.8) is 0 Å². The standard InChI is InChI=1S/C18H21N5O/c1-11-6-5-7-12(2)17(11)22-16(24)9-8-15-13(3)21-18-19-10-20-23(18)14(15)4/h5-7,10H,8-9H2,1-4H3,(H,22,24). The fraction of sp³-hybridized carbons (Fsp3) is 0.333. The minimum absolute atomic E-state index is 0.00453. The zero-order valence-electron chi connectivity index (χ0n) is 14.4. The van der Waals surface area contributed by atoms with Gasteiger partial charge in [-0.1, -0.05) is 18.2 Å². The number of hydrogen-bond donors (Lipinski definition) is 1. The molecule has 0 saturated carbocycles. The molecule has 0 aliphatic rings. The van der Waals surface area contributed by atoms with Crippen LogP contribution in [0.1, 0.15) is 34.5 Å². The number of carbonyl (C=O) groups excluding carboxylic acids is 1. The number of rotatable bonds is 4. The number of amides is 1. The summed E-state index contributed by atoms with van der Waals surface area (Å²) in [6.45, 7) is 7.93. The number of nitrogens with zero attached hydrogens (tertiary/aromatic N) is 4. The van der Waals surface area contributed by atoms with Gasteiger partial charge in [0.15, 0.2) is 0 Å². The third-order valence-corrected chi connectivity index (χ3v) is 4.34. The van der Waals surface area contributed by atoms with E-state index in [4.69, 9.17) is 0 Å². The Labute approximate surface area is 141 Å². The van der Waals surface area contributed by atoms with E-state index in [1.54, 1.807) is 4.52 Å². The van der Waals surface area contributed by atoms with E-state index < -0.39 is 0 Å². The quantitative estimate of drug-likeness (QED) is 0.801. The molecule has 0 fully saturated rings. The molecule has 3 rings (SSSR count). The monoisotopic (exact) mass is 323 g/mol. The second-order valence-electron chi connectivity index (χ2n) is 6.05. The fourth-order valence-electron chi connectivity index (χ4n) is 2.97. The Morgan fingerprint density at radius 2 is 1.88 bits per heavy atom. The predicted molar refractivity (Wildman–Crippen MR) is 93.1 cm³/mol. The zero-order valence-corrected chi connectivity index (χ0v) is 14.4. The van der Waals surface area contributed by atoms with Crippen LogP contribution in [0.2, 0.25) is 0 Å². The second kappa shape index (κ2) is 6.39. The van der Waals surface area contributed by atoms with Gasteiger partial charge in [0.25, 0.3) is 5.78 Å². The first-order valence-corrected chi connectivity index (χ1v) is 7.99. The largest absolute Gasteiger partial charge is 0.326 e. The molecule has 6 nitrogen and oxygen atoms in total. The molecule has 0 atom stereocenters. The van der Waals surface area contributed by atoms with Crippen molar-refractivity contribution in [1.82, 2.24) is 19.6 Å². The Bertz CT molecular complexity index is 893. The maximum absolute atomic E-state index is 12.4. The van der Waals surface area contributed by atoms with Crippen molar-refractivity contribution < 1.29 is 4.79 Å². The first-order valence-electron chi connectivity index (χ1n) is 7.99. The third kappa shape index (κ3) is 2.99. The average Bonchev–Trinajstić information content (AvgIpc) is 2.99. The van der Waals surface area contributed by atoms with Crippen LogP contribution >= 0.6 is 0 Å². The lowest BCUT2D eigenvalue weighted by Gasteiger charge is -2.13. The molecule has 1 N–H and O–H groups in total. The van der Waals surface area contributed by atoms with Crippen molar-refractivity contribution in [3.8, 4) is 0 Å². The summed E-state index contributed by atoms with van der Waals surface area (Å²) in [5, 5.41) is 7.21. The molecule has 1 aromatic carbocycles. The van der Waals surface area contributed by atoms with Crippen LogP contribution < -0.4 is 5.32 Å². The zero-order chi connectivity index (χ0) is 17.3. The smallest absolute Gasteiger partial charge is 0.252 e. The van der Waals surface area contributed by atoms with Crippen molar-refractivity contribution in [2.75, 3.05) is 5.32 Å². The van der Waals surface area contributed by atoms with E-state index in [9.17, 15) is 4.79 Å². The Morgan fingerprint density at radius 1 is 1.17 bits per heavy atom. The fourth-order valence-corrected chi connectivity index (χ4v) is 2.97. The van der Waals surface area contributed by atoms with Gasteiger partial charge < -0.3 is 5.32 Å². The normalized spacial score (nSPS) is 11.0. The number of hydrogen-bond acceptors (Lipinski definition) is 4. The van der Waals surface area contributed by atoms with E-state index >= 15 is 0 Å². The molecule has 0 aliphatic carbocycles. The van der Waals surface area contributed by atoms with Gasteiger partial charge in [0, 0.05) is 23.5 Å². The van der Waals surface area contributed by atoms with Crippen molar-refractivity contribution in [1.29, 1.82) is 0 Å². The van der Waals surface area contributed by atoms with Crippen LogP contribution in [0, 0.1) is 27.7 Å². The minimum Gasteiger partial charge on any atom is -0.326 e. The topological polar surface area (TPSA) is 72.2 Å². The van der Waals surface area contributed by atoms with E-state index in [0.717, 1.165) is 33.8 Å². The number of benzene rings is 1. The highest BCUT2D eigenvalue weighted by molar-refractivity contribution is 5.92. The third-order valence-electron chi connectivity index (χ3n) is 4.34. The van der Waals surface area contributed by atoms with Crippen molar-refractivity contribution in [3.05, 3.63) is 52.6 Å². The van der Waals surface area contributed by atoms with Gasteiger partial charge in [0.1, 0.15) is 6.33 Å². The van der Waals surface area contributed by atoms with Gasteiger partial charge in [-0.05, 0) is 50.8 Å². The summed E-state index contributed by atoms with van der Waals surface area (Å²) >= 11 is 0. The highest BCUT2D eigenvalue weighted by atomic mass is 16.1. The SMILES string of the molecule is Cc1cccc(C)c1NC(=O)CCc1c(C)nc2ncnn2c1C. The molecule has 0 unspecified atom stereocenters. The summed E-state index contributed by atoms with van der Waals surface area (Å²) in [5.74, 6) is 0.596. The number of nitrogens with one attached hydrogen (secondary N) is 1. The van der Waals surface area contributed by atoms with Crippen LogP contribution in [0.4, 0.5) is 5.69 Å². The highest BCUT2D eigenvalue weighted by Crippen LogP contribution is 2.20. The minimum atomic E-state index is 0.00453. The van der Waals surface area contributed by atoms with Gasteiger partial charge >= 0.3 is 0 Å². The Balaban J connectivity index is 1.75. The lowest BCUT2D eigenvalue weighted by Crippen LogP contribution is -2.15. The average molecular weight is 323 g/mol. The van der Waals surface area contributed by atoms with Crippen LogP contribution in [0.3, 0.4) is 0 Å². The van der Waals surface area contributed by atoms with E-state index in [1.165, 1.54) is 6.33 Å². The van der Waals surface area contributed by atoms with Gasteiger partial charge in [-0.15, -0.1) is 0 Å². The summed E-state index contributed by atoms with van der Waals surface area (Å²) in [6, 6.07) is 5.99. The van der Waals surface area contributed by atoms with E-state index in [-0.39, 0.29) is 5.91 Å². The summed E-state index contributed by atoms with van der Waals surface area (Å²) in [6.07, 6.45) is 2.51. The number of aryl methyl sites for hydroxylation is 4. The summed E-state index contributed by atoms with van der Waals surface area (Å²) < 4.78 is 1.71. The molecular formula is C18H21N5O. The van der Waals surface area contributed by atoms with Gasteiger partial charge in [0.2, 0.25) is 5.91 Å². The van der Waals surface area contributed by atoms with Gasteiger partial charge in [0.05, 0.1) is 0 Å². The molecule has 0 bridgehead atoms. The molecule has 1 amide bonds. The number of anilines is 1. The first-order chi connectivity index (χ1) is 11.5. The van der Waals surface area contributed by atoms with Gasteiger partial charge in [-0.2, -0.15) is 10.1 Å². The molecule has 24 heavy (non-hydrogen) atoms. The van der Waals surface area contributed by atoms with Crippen molar-refractivity contribution in [2.24, 2.45) is 0 Å². The van der Waals surface area contributed by atoms with Crippen molar-refractivity contribution in [2.45, 2.75) is 40.5 Å². The molecule has 124 valence electrons. The molecule has 0 spiro atoms. The summed E-state index contributed by atoms with van der Waals surface area (Å²) in [5.41, 5.74) is 5.97. The van der Waals surface area contributed by atoms with Crippen LogP contribution in [0.25, 0.3) is 5.78 Å². The van der Waals surface area contributed by atoms with Gasteiger partial charge in [-0.3, -0.25) is 4.79 Å². The van der Waals surface area contributed by atoms with E-state index in [1.807, 2.05) is 45.9 Å². The predicted octanol–water partition coefficient (Wildman–Crippen LogP) is 2.93. The number of carbonyl (C=O) groups is 1. The summed E-state index contributed by atoms with van der Waals surface area (Å²) in [7, 11) is 0. The highest BCUT2D eigenvalue weighted by Gasteiger charge is 2.13. The molecule has 0 radical (unpaired) electrons. The lowest BCUT2D eigenvalue weighted by atomic mass is 10.1. The maximum atomic E-state index is 12.4. The van der Waals surface area contributed by atoms with Crippen LogP contribution in [-0.4, -0.2) is 25.5 Å². The molecule has 2 heterocycles. The van der Waals surface area contributed by atoms with E-state index in [2.05, 4.69) is 20.4 Å². The molecule has 6 heteroatoms. The van der Waals surface area contributed by atoms with Crippen LogP contribution in [0.5, 0.6) is 0 Å². The molecule has 2 aromatic heterocycles. The molecule has 0 aliphatic heterocycles. The molecule has 0 saturated heterocycles. The number of aromatic nitrogens is 4. The van der Waals surface area contributed by atoms with Crippen LogP contribution in [0.15, 0.2) is 24.5 Å². The summed E-state index contributed by atoms with van der Waals surface area (Å²) in [4.78, 5) is 20.9. The Hall–Kier alpha value is -2.76. The van der Waals surface area contributed by atoms with Gasteiger partial charge in [-0.25, -0.2) is 9.50 Å². The lowest BCUT2D eigenvalue weighted by molar-refractivity contribution is -0.116. The maximum Gasteiger partial charge on any atom is 0.252 e. The number of fused-ring (bicyclic) bond motifs is 1. The Kier molecular flexibility index (Phi) is 4.29. The second-order valence-corrected chi connectivity index (χ2v) is 6.05. The molecule has 3 aromatic rings. The van der Waals surface area contributed by atoms with E-state index in [0.29, 0.717) is 18.6 Å². The number of para-hydroxylation sites is 1. The first kappa shape index (κ1) is 16.1. The molecular weight excluding hydrogens is 302 g/mol. The van der Waals surface area contributed by atoms with Crippen molar-refractivity contribution >= 4 is 17.4 Å².